The number of nitrogens with zero attached hydrogens (tertiary/aromatic N) is 1. The summed E-state index contributed by atoms with van der Waals surface area (Å²) in [6.45, 7) is 10.2. The summed E-state index contributed by atoms with van der Waals surface area (Å²) in [5.74, 6) is 1.01. The van der Waals surface area contributed by atoms with Crippen molar-refractivity contribution in [3.8, 4) is 0 Å². The van der Waals surface area contributed by atoms with E-state index in [-0.39, 0.29) is 6.10 Å². The van der Waals surface area contributed by atoms with Gasteiger partial charge in [-0.1, -0.05) is 27.7 Å². The van der Waals surface area contributed by atoms with Crippen molar-refractivity contribution in [2.75, 3.05) is 6.54 Å². The van der Waals surface area contributed by atoms with E-state index in [2.05, 4.69) is 24.1 Å². The lowest BCUT2D eigenvalue weighted by atomic mass is 10.0. The average Bonchev–Trinajstić information content (AvgIpc) is 2.70. The second kappa shape index (κ2) is 7.87. The van der Waals surface area contributed by atoms with Crippen molar-refractivity contribution in [2.24, 2.45) is 11.8 Å². The summed E-state index contributed by atoms with van der Waals surface area (Å²) >= 11 is 1.79. The molecular weight excluding hydrogens is 244 g/mol. The molecule has 0 aliphatic heterocycles. The highest BCUT2D eigenvalue weighted by Crippen LogP contribution is 2.16. The highest BCUT2D eigenvalue weighted by atomic mass is 32.1. The fourth-order valence-electron chi connectivity index (χ4n) is 1.67. The van der Waals surface area contributed by atoms with Crippen LogP contribution in [-0.4, -0.2) is 22.7 Å². The van der Waals surface area contributed by atoms with Gasteiger partial charge in [-0.2, -0.15) is 0 Å². The van der Waals surface area contributed by atoms with E-state index in [1.165, 1.54) is 9.88 Å². The third kappa shape index (κ3) is 5.94. The van der Waals surface area contributed by atoms with Crippen LogP contribution < -0.4 is 5.32 Å². The minimum Gasteiger partial charge on any atom is -0.393 e. The Bertz CT molecular complexity index is 336. The third-order valence-corrected chi connectivity index (χ3v) is 3.89. The van der Waals surface area contributed by atoms with Crippen LogP contribution >= 0.6 is 11.3 Å². The standard InChI is InChI=1S/C14H26N2OS/c1-10(2)7-14-16-9-12(18-14)8-15-6-5-13(17)11(3)4/h9-11,13,15,17H,5-8H2,1-4H3. The molecular formula is C14H26N2OS. The Labute approximate surface area is 115 Å². The first kappa shape index (κ1) is 15.6. The molecule has 0 aliphatic carbocycles. The highest BCUT2D eigenvalue weighted by molar-refractivity contribution is 7.11. The maximum Gasteiger partial charge on any atom is 0.0930 e. The lowest BCUT2D eigenvalue weighted by molar-refractivity contribution is 0.116. The molecule has 2 N–H and O–H groups in total. The van der Waals surface area contributed by atoms with Crippen molar-refractivity contribution in [3.05, 3.63) is 16.1 Å². The van der Waals surface area contributed by atoms with Gasteiger partial charge in [0.05, 0.1) is 11.1 Å². The predicted molar refractivity (Wildman–Crippen MR) is 77.8 cm³/mol. The Balaban J connectivity index is 2.21. The van der Waals surface area contributed by atoms with E-state index in [1.54, 1.807) is 11.3 Å². The van der Waals surface area contributed by atoms with E-state index >= 15 is 0 Å². The first-order chi connectivity index (χ1) is 8.49. The molecule has 104 valence electrons. The summed E-state index contributed by atoms with van der Waals surface area (Å²) in [6, 6.07) is 0. The Morgan fingerprint density at radius 3 is 2.67 bits per heavy atom. The van der Waals surface area contributed by atoms with E-state index in [9.17, 15) is 5.11 Å². The molecule has 1 rings (SSSR count). The second-order valence-corrected chi connectivity index (χ2v) is 6.79. The topological polar surface area (TPSA) is 45.2 Å². The van der Waals surface area contributed by atoms with E-state index in [0.717, 1.165) is 25.9 Å². The molecule has 0 amide bonds. The van der Waals surface area contributed by atoms with Crippen molar-refractivity contribution in [1.82, 2.24) is 10.3 Å². The number of aromatic nitrogens is 1. The van der Waals surface area contributed by atoms with Crippen LogP contribution in [0.2, 0.25) is 0 Å². The Hall–Kier alpha value is -0.450. The molecule has 1 aromatic heterocycles. The normalized spacial score (nSPS) is 13.5. The van der Waals surface area contributed by atoms with E-state index in [0.29, 0.717) is 11.8 Å². The minimum absolute atomic E-state index is 0.199. The van der Waals surface area contributed by atoms with E-state index in [1.807, 2.05) is 20.0 Å². The molecule has 18 heavy (non-hydrogen) atoms. The molecule has 3 nitrogen and oxygen atoms in total. The van der Waals surface area contributed by atoms with Gasteiger partial charge in [0, 0.05) is 24.0 Å². The molecule has 0 aliphatic rings. The quantitative estimate of drug-likeness (QED) is 0.714. The smallest absolute Gasteiger partial charge is 0.0930 e. The van der Waals surface area contributed by atoms with Gasteiger partial charge in [0.25, 0.3) is 0 Å². The largest absolute Gasteiger partial charge is 0.393 e. The maximum atomic E-state index is 9.68. The molecule has 0 aromatic carbocycles. The van der Waals surface area contributed by atoms with Gasteiger partial charge in [-0.3, -0.25) is 0 Å². The molecule has 0 bridgehead atoms. The van der Waals surface area contributed by atoms with Crippen LogP contribution in [0, 0.1) is 11.8 Å². The number of rotatable bonds is 8. The van der Waals surface area contributed by atoms with Crippen LogP contribution in [0.3, 0.4) is 0 Å². The first-order valence-corrected chi connectivity index (χ1v) is 7.63. The SMILES string of the molecule is CC(C)Cc1ncc(CNCCC(O)C(C)C)s1. The molecule has 0 saturated carbocycles. The van der Waals surface area contributed by atoms with Gasteiger partial charge in [0.15, 0.2) is 0 Å². The number of aliphatic hydroxyl groups excluding tert-OH is 1. The van der Waals surface area contributed by atoms with Gasteiger partial charge in [0.2, 0.25) is 0 Å². The first-order valence-electron chi connectivity index (χ1n) is 6.81. The van der Waals surface area contributed by atoms with Gasteiger partial charge < -0.3 is 10.4 Å². The number of hydrogen-bond donors (Lipinski definition) is 2. The molecule has 0 saturated heterocycles. The third-order valence-electron chi connectivity index (χ3n) is 2.87. The monoisotopic (exact) mass is 270 g/mol. The van der Waals surface area contributed by atoms with Crippen molar-refractivity contribution in [1.29, 1.82) is 0 Å². The van der Waals surface area contributed by atoms with Crippen molar-refractivity contribution in [3.63, 3.8) is 0 Å². The van der Waals surface area contributed by atoms with Gasteiger partial charge >= 0.3 is 0 Å². The Kier molecular flexibility index (Phi) is 6.82. The van der Waals surface area contributed by atoms with Crippen LogP contribution in [0.15, 0.2) is 6.20 Å². The molecule has 1 heterocycles. The summed E-state index contributed by atoms with van der Waals surface area (Å²) in [5, 5.41) is 14.3. The van der Waals surface area contributed by atoms with Gasteiger partial charge in [-0.15, -0.1) is 11.3 Å². The van der Waals surface area contributed by atoms with Crippen LogP contribution in [0.5, 0.6) is 0 Å². The van der Waals surface area contributed by atoms with Gasteiger partial charge in [-0.25, -0.2) is 4.98 Å². The van der Waals surface area contributed by atoms with Crippen molar-refractivity contribution < 1.29 is 5.11 Å². The highest BCUT2D eigenvalue weighted by Gasteiger charge is 2.08. The summed E-state index contributed by atoms with van der Waals surface area (Å²) in [6.07, 6.45) is 3.65. The van der Waals surface area contributed by atoms with Gasteiger partial charge in [0.1, 0.15) is 0 Å². The maximum absolute atomic E-state index is 9.68. The molecule has 4 heteroatoms. The Morgan fingerprint density at radius 1 is 1.33 bits per heavy atom. The van der Waals surface area contributed by atoms with Crippen LogP contribution in [-0.2, 0) is 13.0 Å². The zero-order chi connectivity index (χ0) is 13.5. The number of nitrogens with one attached hydrogen (secondary N) is 1. The molecule has 1 atom stereocenters. The minimum atomic E-state index is -0.199. The number of hydrogen-bond acceptors (Lipinski definition) is 4. The van der Waals surface area contributed by atoms with Crippen molar-refractivity contribution >= 4 is 11.3 Å². The lowest BCUT2D eigenvalue weighted by Crippen LogP contribution is -2.23. The van der Waals surface area contributed by atoms with Crippen LogP contribution in [0.4, 0.5) is 0 Å². The molecule has 0 radical (unpaired) electrons. The fraction of sp³-hybridized carbons (Fsp3) is 0.786. The van der Waals surface area contributed by atoms with Gasteiger partial charge in [-0.05, 0) is 24.8 Å². The molecule has 0 spiro atoms. The second-order valence-electron chi connectivity index (χ2n) is 5.60. The number of aliphatic hydroxyl groups is 1. The summed E-state index contributed by atoms with van der Waals surface area (Å²) < 4.78 is 0. The lowest BCUT2D eigenvalue weighted by Gasteiger charge is -2.14. The van der Waals surface area contributed by atoms with Crippen LogP contribution in [0.1, 0.15) is 44.0 Å². The van der Waals surface area contributed by atoms with E-state index < -0.39 is 0 Å². The molecule has 0 fully saturated rings. The zero-order valence-corrected chi connectivity index (χ0v) is 12.8. The van der Waals surface area contributed by atoms with E-state index in [4.69, 9.17) is 0 Å². The number of thiazole rings is 1. The van der Waals surface area contributed by atoms with Crippen LogP contribution in [0.25, 0.3) is 0 Å². The molecule has 1 aromatic rings. The van der Waals surface area contributed by atoms with Crippen molar-refractivity contribution in [2.45, 2.75) is 53.2 Å². The molecule has 1 unspecified atom stereocenters. The predicted octanol–water partition coefficient (Wildman–Crippen LogP) is 2.84. The summed E-state index contributed by atoms with van der Waals surface area (Å²) in [5.41, 5.74) is 0. The average molecular weight is 270 g/mol. The summed E-state index contributed by atoms with van der Waals surface area (Å²) in [4.78, 5) is 5.71. The zero-order valence-electron chi connectivity index (χ0n) is 11.9. The Morgan fingerprint density at radius 2 is 2.06 bits per heavy atom. The fourth-order valence-corrected chi connectivity index (χ4v) is 2.77. The summed E-state index contributed by atoms with van der Waals surface area (Å²) in [7, 11) is 0.